The first-order valence-electron chi connectivity index (χ1n) is 6.10. The van der Waals surface area contributed by atoms with Crippen molar-refractivity contribution in [3.05, 3.63) is 29.8 Å². The van der Waals surface area contributed by atoms with Crippen molar-refractivity contribution in [2.75, 3.05) is 13.7 Å². The van der Waals surface area contributed by atoms with Crippen molar-refractivity contribution in [3.8, 4) is 5.75 Å². The molecule has 0 heterocycles. The van der Waals surface area contributed by atoms with E-state index in [0.29, 0.717) is 6.61 Å². The van der Waals surface area contributed by atoms with E-state index in [0.717, 1.165) is 25.0 Å². The highest BCUT2D eigenvalue weighted by Gasteiger charge is 1.95. The molecule has 0 aliphatic carbocycles. The van der Waals surface area contributed by atoms with Gasteiger partial charge in [0, 0.05) is 6.61 Å². The Morgan fingerprint density at radius 2 is 1.56 bits per heavy atom. The van der Waals surface area contributed by atoms with E-state index in [1.54, 1.807) is 7.11 Å². The van der Waals surface area contributed by atoms with Gasteiger partial charge in [0.25, 0.3) is 0 Å². The summed E-state index contributed by atoms with van der Waals surface area (Å²) in [7, 11) is 1.69. The summed E-state index contributed by atoms with van der Waals surface area (Å²) < 4.78 is 5.12. The van der Waals surface area contributed by atoms with Gasteiger partial charge in [-0.2, -0.15) is 0 Å². The van der Waals surface area contributed by atoms with Crippen molar-refractivity contribution in [2.45, 2.75) is 38.5 Å². The molecule has 90 valence electrons. The molecule has 0 saturated carbocycles. The number of methoxy groups -OCH3 is 1. The highest BCUT2D eigenvalue weighted by molar-refractivity contribution is 5.27. The van der Waals surface area contributed by atoms with E-state index >= 15 is 0 Å². The molecule has 16 heavy (non-hydrogen) atoms. The molecule has 0 spiro atoms. The summed E-state index contributed by atoms with van der Waals surface area (Å²) in [5.74, 6) is 0.923. The van der Waals surface area contributed by atoms with Crippen molar-refractivity contribution in [1.82, 2.24) is 0 Å². The SMILES string of the molecule is COc1ccc(CCCCCCCO)cc1. The molecule has 1 aromatic carbocycles. The van der Waals surface area contributed by atoms with Crippen LogP contribution >= 0.6 is 0 Å². The monoisotopic (exact) mass is 222 g/mol. The van der Waals surface area contributed by atoms with Crippen LogP contribution in [-0.4, -0.2) is 18.8 Å². The van der Waals surface area contributed by atoms with E-state index < -0.39 is 0 Å². The Bertz CT molecular complexity index is 267. The van der Waals surface area contributed by atoms with Crippen LogP contribution in [-0.2, 0) is 6.42 Å². The number of rotatable bonds is 8. The lowest BCUT2D eigenvalue weighted by molar-refractivity contribution is 0.282. The highest BCUT2D eigenvalue weighted by atomic mass is 16.5. The predicted molar refractivity (Wildman–Crippen MR) is 66.9 cm³/mol. The van der Waals surface area contributed by atoms with Gasteiger partial charge >= 0.3 is 0 Å². The van der Waals surface area contributed by atoms with E-state index in [4.69, 9.17) is 9.84 Å². The summed E-state index contributed by atoms with van der Waals surface area (Å²) >= 11 is 0. The van der Waals surface area contributed by atoms with Gasteiger partial charge in [-0.3, -0.25) is 0 Å². The lowest BCUT2D eigenvalue weighted by Gasteiger charge is -2.03. The molecule has 2 nitrogen and oxygen atoms in total. The Morgan fingerprint density at radius 1 is 0.938 bits per heavy atom. The Morgan fingerprint density at radius 3 is 2.19 bits per heavy atom. The fourth-order valence-electron chi connectivity index (χ4n) is 1.76. The molecule has 0 bridgehead atoms. The average Bonchev–Trinajstić information content (AvgIpc) is 2.34. The second-order valence-corrected chi connectivity index (χ2v) is 4.09. The maximum absolute atomic E-state index is 8.64. The van der Waals surface area contributed by atoms with Gasteiger partial charge in [-0.15, -0.1) is 0 Å². The molecule has 0 aromatic heterocycles. The van der Waals surface area contributed by atoms with Crippen LogP contribution in [0.3, 0.4) is 0 Å². The zero-order valence-corrected chi connectivity index (χ0v) is 10.1. The molecular formula is C14H22O2. The van der Waals surface area contributed by atoms with Crippen LogP contribution in [0.2, 0.25) is 0 Å². The van der Waals surface area contributed by atoms with Crippen LogP contribution in [0.4, 0.5) is 0 Å². The van der Waals surface area contributed by atoms with Crippen LogP contribution in [0.25, 0.3) is 0 Å². The lowest BCUT2D eigenvalue weighted by Crippen LogP contribution is -1.88. The summed E-state index contributed by atoms with van der Waals surface area (Å²) in [6.45, 7) is 0.332. The molecule has 0 saturated heterocycles. The van der Waals surface area contributed by atoms with Crippen molar-refractivity contribution in [1.29, 1.82) is 0 Å². The van der Waals surface area contributed by atoms with Gasteiger partial charge < -0.3 is 9.84 Å². The number of unbranched alkanes of at least 4 members (excludes halogenated alkanes) is 4. The number of benzene rings is 1. The molecule has 0 atom stereocenters. The predicted octanol–water partition coefficient (Wildman–Crippen LogP) is 3.18. The van der Waals surface area contributed by atoms with Crippen molar-refractivity contribution in [2.24, 2.45) is 0 Å². The van der Waals surface area contributed by atoms with Crippen molar-refractivity contribution >= 4 is 0 Å². The minimum absolute atomic E-state index is 0.332. The zero-order chi connectivity index (χ0) is 11.6. The molecule has 0 radical (unpaired) electrons. The fourth-order valence-corrected chi connectivity index (χ4v) is 1.76. The van der Waals surface area contributed by atoms with Crippen LogP contribution in [0.5, 0.6) is 5.75 Å². The number of hydrogen-bond donors (Lipinski definition) is 1. The summed E-state index contributed by atoms with van der Waals surface area (Å²) in [6.07, 6.45) is 6.96. The number of ether oxygens (including phenoxy) is 1. The summed E-state index contributed by atoms with van der Waals surface area (Å²) in [4.78, 5) is 0. The smallest absolute Gasteiger partial charge is 0.118 e. The molecule has 0 fully saturated rings. The van der Waals surface area contributed by atoms with E-state index in [1.165, 1.54) is 24.8 Å². The summed E-state index contributed by atoms with van der Waals surface area (Å²) in [5.41, 5.74) is 1.38. The average molecular weight is 222 g/mol. The molecule has 1 aromatic rings. The molecule has 1 N–H and O–H groups in total. The maximum Gasteiger partial charge on any atom is 0.118 e. The van der Waals surface area contributed by atoms with Crippen molar-refractivity contribution in [3.63, 3.8) is 0 Å². The second-order valence-electron chi connectivity index (χ2n) is 4.09. The van der Waals surface area contributed by atoms with E-state index in [1.807, 2.05) is 12.1 Å². The minimum Gasteiger partial charge on any atom is -0.497 e. The van der Waals surface area contributed by atoms with Gasteiger partial charge in [-0.05, 0) is 37.0 Å². The number of hydrogen-bond acceptors (Lipinski definition) is 2. The summed E-state index contributed by atoms with van der Waals surface area (Å²) in [6, 6.07) is 8.29. The third-order valence-corrected chi connectivity index (χ3v) is 2.78. The third kappa shape index (κ3) is 5.17. The molecule has 0 amide bonds. The highest BCUT2D eigenvalue weighted by Crippen LogP contribution is 2.14. The van der Waals surface area contributed by atoms with Crippen LogP contribution in [0, 0.1) is 0 Å². The maximum atomic E-state index is 8.64. The van der Waals surface area contributed by atoms with Crippen LogP contribution < -0.4 is 4.74 Å². The Kier molecular flexibility index (Phi) is 6.66. The normalized spacial score (nSPS) is 10.4. The Balaban J connectivity index is 2.12. The third-order valence-electron chi connectivity index (χ3n) is 2.78. The largest absolute Gasteiger partial charge is 0.497 e. The van der Waals surface area contributed by atoms with Gasteiger partial charge in [0.05, 0.1) is 7.11 Å². The second kappa shape index (κ2) is 8.17. The first kappa shape index (κ1) is 13.0. The Hall–Kier alpha value is -1.02. The molecule has 0 aliphatic rings. The number of aliphatic hydroxyl groups is 1. The van der Waals surface area contributed by atoms with Crippen LogP contribution in [0.1, 0.15) is 37.7 Å². The number of aryl methyl sites for hydroxylation is 1. The first-order valence-corrected chi connectivity index (χ1v) is 6.10. The lowest BCUT2D eigenvalue weighted by atomic mass is 10.1. The molecule has 0 aliphatic heterocycles. The van der Waals surface area contributed by atoms with Gasteiger partial charge in [0.15, 0.2) is 0 Å². The molecular weight excluding hydrogens is 200 g/mol. The molecule has 1 rings (SSSR count). The topological polar surface area (TPSA) is 29.5 Å². The van der Waals surface area contributed by atoms with Gasteiger partial charge in [0.2, 0.25) is 0 Å². The molecule has 2 heteroatoms. The van der Waals surface area contributed by atoms with Gasteiger partial charge in [-0.1, -0.05) is 31.4 Å². The molecule has 0 unspecified atom stereocenters. The standard InChI is InChI=1S/C14H22O2/c1-16-14-10-8-13(9-11-14)7-5-3-2-4-6-12-15/h8-11,15H,2-7,12H2,1H3. The van der Waals surface area contributed by atoms with E-state index in [9.17, 15) is 0 Å². The zero-order valence-electron chi connectivity index (χ0n) is 10.1. The quantitative estimate of drug-likeness (QED) is 0.684. The van der Waals surface area contributed by atoms with Crippen molar-refractivity contribution < 1.29 is 9.84 Å². The van der Waals surface area contributed by atoms with Gasteiger partial charge in [0.1, 0.15) is 5.75 Å². The summed E-state index contributed by atoms with van der Waals surface area (Å²) in [5, 5.41) is 8.64. The first-order chi connectivity index (χ1) is 7.86. The van der Waals surface area contributed by atoms with E-state index in [-0.39, 0.29) is 0 Å². The van der Waals surface area contributed by atoms with E-state index in [2.05, 4.69) is 12.1 Å². The fraction of sp³-hybridized carbons (Fsp3) is 0.571. The van der Waals surface area contributed by atoms with Crippen LogP contribution in [0.15, 0.2) is 24.3 Å². The number of aliphatic hydroxyl groups excluding tert-OH is 1. The Labute approximate surface area is 98.3 Å². The minimum atomic E-state index is 0.332. The van der Waals surface area contributed by atoms with Gasteiger partial charge in [-0.25, -0.2) is 0 Å².